The standard InChI is InChI=1S/C17H18N2O6S3/c1-8(20)25-5-10-7-28-16-11(15(22)19(16)12(10)17(23)24)18-14(21)13(26-2)9-3-4-27-6-9/h3-4,6,11,13,16H,5,7H2,1-2H3,(H,18,21)(H,23,24)/t11?,13?,16-/m1/s1. The van der Waals surface area contributed by atoms with Gasteiger partial charge in [0.15, 0.2) is 0 Å². The number of carboxylic acid groups (broad SMARTS) is 1. The Morgan fingerprint density at radius 1 is 1.46 bits per heavy atom. The Morgan fingerprint density at radius 2 is 2.21 bits per heavy atom. The van der Waals surface area contributed by atoms with Gasteiger partial charge in [0.05, 0.1) is 0 Å². The second-order valence-corrected chi connectivity index (χ2v) is 8.93. The van der Waals surface area contributed by atoms with E-state index in [-0.39, 0.29) is 18.2 Å². The molecule has 3 heterocycles. The molecule has 3 atom stereocenters. The lowest BCUT2D eigenvalue weighted by Crippen LogP contribution is -2.70. The molecular formula is C17H18N2O6S3. The number of amides is 2. The number of β-lactam (4-membered cyclic amide) rings is 1. The molecule has 150 valence electrons. The number of fused-ring (bicyclic) bond motifs is 1. The normalized spacial score (nSPS) is 22.2. The number of thioether (sulfide) groups is 2. The van der Waals surface area contributed by atoms with Crippen LogP contribution >= 0.6 is 34.9 Å². The van der Waals surface area contributed by atoms with Crippen molar-refractivity contribution in [3.05, 3.63) is 33.7 Å². The Hall–Kier alpha value is -1.98. The van der Waals surface area contributed by atoms with E-state index in [1.165, 1.54) is 46.7 Å². The summed E-state index contributed by atoms with van der Waals surface area (Å²) in [5, 5.41) is 15.1. The summed E-state index contributed by atoms with van der Waals surface area (Å²) in [5.74, 6) is -2.25. The average molecular weight is 443 g/mol. The number of carboxylic acids is 1. The molecule has 2 aliphatic heterocycles. The number of carbonyl (C=O) groups excluding carboxylic acids is 3. The zero-order chi connectivity index (χ0) is 20.4. The number of esters is 1. The smallest absolute Gasteiger partial charge is 0.352 e. The highest BCUT2D eigenvalue weighted by molar-refractivity contribution is 8.00. The Bertz CT molecular complexity index is 838. The van der Waals surface area contributed by atoms with Gasteiger partial charge in [0.25, 0.3) is 5.91 Å². The van der Waals surface area contributed by atoms with Crippen LogP contribution in [0, 0.1) is 0 Å². The quantitative estimate of drug-likeness (QED) is 0.482. The molecule has 3 rings (SSSR count). The molecule has 2 N–H and O–H groups in total. The van der Waals surface area contributed by atoms with Crippen LogP contribution in [0.4, 0.5) is 0 Å². The van der Waals surface area contributed by atoms with Gasteiger partial charge in [-0.1, -0.05) is 0 Å². The Labute approximate surface area is 173 Å². The van der Waals surface area contributed by atoms with Crippen molar-refractivity contribution in [3.8, 4) is 0 Å². The van der Waals surface area contributed by atoms with Gasteiger partial charge in [-0.3, -0.25) is 19.3 Å². The molecule has 0 aromatic carbocycles. The SMILES string of the molecule is CSC(C(=O)NC1C(=O)N2C(C(=O)O)=C(COC(C)=O)CS[C@H]12)c1ccsc1. The van der Waals surface area contributed by atoms with Crippen molar-refractivity contribution in [2.45, 2.75) is 23.6 Å². The minimum absolute atomic E-state index is 0.167. The maximum absolute atomic E-state index is 12.7. The molecule has 0 aliphatic carbocycles. The first-order chi connectivity index (χ1) is 13.3. The summed E-state index contributed by atoms with van der Waals surface area (Å²) in [5.41, 5.74) is 1.06. The molecule has 2 amide bonds. The van der Waals surface area contributed by atoms with E-state index in [4.69, 9.17) is 4.74 Å². The second-order valence-electron chi connectivity index (χ2n) is 6.11. The monoisotopic (exact) mass is 442 g/mol. The van der Waals surface area contributed by atoms with Crippen LogP contribution in [0.2, 0.25) is 0 Å². The maximum Gasteiger partial charge on any atom is 0.352 e. The number of hydrogen-bond donors (Lipinski definition) is 2. The molecule has 1 saturated heterocycles. The van der Waals surface area contributed by atoms with Gasteiger partial charge in [0.1, 0.15) is 29.0 Å². The maximum atomic E-state index is 12.7. The third-order valence-corrected chi connectivity index (χ3v) is 7.32. The Balaban J connectivity index is 1.74. The molecule has 1 fully saturated rings. The zero-order valence-electron chi connectivity index (χ0n) is 15.0. The van der Waals surface area contributed by atoms with E-state index in [9.17, 15) is 24.3 Å². The summed E-state index contributed by atoms with van der Waals surface area (Å²) in [4.78, 5) is 49.2. The first kappa shape index (κ1) is 20.7. The predicted molar refractivity (Wildman–Crippen MR) is 107 cm³/mol. The van der Waals surface area contributed by atoms with E-state index in [0.717, 1.165) is 5.56 Å². The van der Waals surface area contributed by atoms with Crippen LogP contribution in [-0.2, 0) is 23.9 Å². The third kappa shape index (κ3) is 3.91. The minimum atomic E-state index is -1.26. The summed E-state index contributed by atoms with van der Waals surface area (Å²) < 4.78 is 4.90. The predicted octanol–water partition coefficient (Wildman–Crippen LogP) is 1.45. The van der Waals surface area contributed by atoms with E-state index < -0.39 is 34.5 Å². The van der Waals surface area contributed by atoms with E-state index in [2.05, 4.69) is 5.32 Å². The molecule has 1 aromatic rings. The second kappa shape index (κ2) is 8.58. The molecule has 2 aliphatic rings. The Kier molecular flexibility index (Phi) is 6.36. The molecule has 0 radical (unpaired) electrons. The van der Waals surface area contributed by atoms with Crippen LogP contribution in [-0.4, -0.2) is 63.8 Å². The number of thiophene rings is 1. The summed E-state index contributed by atoms with van der Waals surface area (Å²) in [7, 11) is 0. The first-order valence-corrected chi connectivity index (χ1v) is 11.5. The molecule has 0 saturated carbocycles. The molecule has 2 unspecified atom stereocenters. The van der Waals surface area contributed by atoms with Gasteiger partial charge in [0.2, 0.25) is 5.91 Å². The van der Waals surface area contributed by atoms with Gasteiger partial charge in [-0.25, -0.2) is 4.79 Å². The number of ether oxygens (including phenoxy) is 1. The van der Waals surface area contributed by atoms with Crippen molar-refractivity contribution in [1.29, 1.82) is 0 Å². The van der Waals surface area contributed by atoms with Gasteiger partial charge in [-0.15, -0.1) is 23.5 Å². The fraction of sp³-hybridized carbons (Fsp3) is 0.412. The van der Waals surface area contributed by atoms with Crippen molar-refractivity contribution in [2.24, 2.45) is 0 Å². The van der Waals surface area contributed by atoms with Crippen LogP contribution in [0.25, 0.3) is 0 Å². The summed E-state index contributed by atoms with van der Waals surface area (Å²) in [6.07, 6.45) is 1.82. The van der Waals surface area contributed by atoms with E-state index >= 15 is 0 Å². The first-order valence-electron chi connectivity index (χ1n) is 8.23. The Morgan fingerprint density at radius 3 is 2.79 bits per heavy atom. The highest BCUT2D eigenvalue weighted by atomic mass is 32.2. The zero-order valence-corrected chi connectivity index (χ0v) is 17.5. The van der Waals surface area contributed by atoms with Crippen LogP contribution < -0.4 is 5.32 Å². The summed E-state index contributed by atoms with van der Waals surface area (Å²) in [6, 6.07) is 1.08. The molecule has 1 aromatic heterocycles. The fourth-order valence-corrected chi connectivity index (χ4v) is 5.83. The van der Waals surface area contributed by atoms with Crippen LogP contribution in [0.1, 0.15) is 17.7 Å². The number of aliphatic carboxylic acids is 1. The number of nitrogens with zero attached hydrogens (tertiary/aromatic N) is 1. The average Bonchev–Trinajstić information content (AvgIpc) is 3.18. The minimum Gasteiger partial charge on any atom is -0.477 e. The molecule has 0 spiro atoms. The highest BCUT2D eigenvalue weighted by Gasteiger charge is 2.54. The van der Waals surface area contributed by atoms with Crippen molar-refractivity contribution in [3.63, 3.8) is 0 Å². The summed E-state index contributed by atoms with van der Waals surface area (Å²) >= 11 is 4.20. The van der Waals surface area contributed by atoms with Gasteiger partial charge < -0.3 is 15.2 Å². The van der Waals surface area contributed by atoms with E-state index in [0.29, 0.717) is 11.3 Å². The van der Waals surface area contributed by atoms with Gasteiger partial charge in [0, 0.05) is 18.2 Å². The molecule has 0 bridgehead atoms. The number of carbonyl (C=O) groups is 4. The van der Waals surface area contributed by atoms with Crippen molar-refractivity contribution < 1.29 is 29.0 Å². The van der Waals surface area contributed by atoms with Crippen LogP contribution in [0.15, 0.2) is 28.1 Å². The van der Waals surface area contributed by atoms with E-state index in [1.54, 1.807) is 0 Å². The summed E-state index contributed by atoms with van der Waals surface area (Å²) in [6.45, 7) is 1.06. The lowest BCUT2D eigenvalue weighted by molar-refractivity contribution is -0.151. The molecule has 28 heavy (non-hydrogen) atoms. The number of rotatable bonds is 7. The van der Waals surface area contributed by atoms with Crippen LogP contribution in [0.5, 0.6) is 0 Å². The molecule has 11 heteroatoms. The van der Waals surface area contributed by atoms with Gasteiger partial charge >= 0.3 is 11.9 Å². The highest BCUT2D eigenvalue weighted by Crippen LogP contribution is 2.41. The van der Waals surface area contributed by atoms with E-state index in [1.807, 2.05) is 23.1 Å². The fourth-order valence-electron chi connectivity index (χ4n) is 3.03. The van der Waals surface area contributed by atoms with Crippen molar-refractivity contribution >= 4 is 58.6 Å². The lowest BCUT2D eigenvalue weighted by atomic mass is 10.0. The molecule has 8 nitrogen and oxygen atoms in total. The number of hydrogen-bond acceptors (Lipinski definition) is 8. The van der Waals surface area contributed by atoms with Gasteiger partial charge in [-0.2, -0.15) is 11.3 Å². The van der Waals surface area contributed by atoms with Crippen molar-refractivity contribution in [2.75, 3.05) is 18.6 Å². The van der Waals surface area contributed by atoms with Gasteiger partial charge in [-0.05, 0) is 28.6 Å². The number of nitrogens with one attached hydrogen (secondary N) is 1. The topological polar surface area (TPSA) is 113 Å². The van der Waals surface area contributed by atoms with Crippen LogP contribution in [0.3, 0.4) is 0 Å². The largest absolute Gasteiger partial charge is 0.477 e. The third-order valence-electron chi connectivity index (χ3n) is 4.32. The van der Waals surface area contributed by atoms with Crippen molar-refractivity contribution in [1.82, 2.24) is 10.2 Å². The lowest BCUT2D eigenvalue weighted by Gasteiger charge is -2.49. The molecular weight excluding hydrogens is 424 g/mol.